The first-order valence-electron chi connectivity index (χ1n) is 4.43. The maximum atomic E-state index is 11.0. The minimum atomic E-state index is -0.0145. The van der Waals surface area contributed by atoms with Crippen molar-refractivity contribution >= 4 is 0 Å². The van der Waals surface area contributed by atoms with E-state index in [4.69, 9.17) is 0 Å². The molecular weight excluding hydrogens is 164 g/mol. The third-order valence-corrected chi connectivity index (χ3v) is 2.04. The van der Waals surface area contributed by atoms with Gasteiger partial charge in [-0.2, -0.15) is 0 Å². The van der Waals surface area contributed by atoms with E-state index in [1.54, 1.807) is 6.07 Å². The first-order chi connectivity index (χ1) is 6.09. The summed E-state index contributed by atoms with van der Waals surface area (Å²) in [6, 6.07) is 3.43. The molecule has 1 aromatic rings. The van der Waals surface area contributed by atoms with E-state index in [-0.39, 0.29) is 5.56 Å². The highest BCUT2D eigenvalue weighted by Gasteiger charge is 1.99. The predicted molar refractivity (Wildman–Crippen MR) is 54.1 cm³/mol. The molecule has 0 aliphatic rings. The van der Waals surface area contributed by atoms with Crippen LogP contribution in [0.1, 0.15) is 11.3 Å². The van der Waals surface area contributed by atoms with Gasteiger partial charge in [0.2, 0.25) is 5.56 Å². The number of aryl methyl sites for hydroxylation is 1. The van der Waals surface area contributed by atoms with E-state index in [2.05, 4.69) is 9.88 Å². The van der Waals surface area contributed by atoms with Crippen LogP contribution in [0.15, 0.2) is 16.9 Å². The van der Waals surface area contributed by atoms with E-state index in [9.17, 15) is 4.79 Å². The Bertz CT molecular complexity index is 328. The van der Waals surface area contributed by atoms with Crippen LogP contribution in [0, 0.1) is 6.92 Å². The van der Waals surface area contributed by atoms with Gasteiger partial charge in [0.1, 0.15) is 0 Å². The molecule has 13 heavy (non-hydrogen) atoms. The summed E-state index contributed by atoms with van der Waals surface area (Å²) in [4.78, 5) is 16.0. The Morgan fingerprint density at radius 3 is 2.69 bits per heavy atom. The van der Waals surface area contributed by atoms with Crippen LogP contribution in [0.5, 0.6) is 0 Å². The average Bonchev–Trinajstić information content (AvgIpc) is 2.06. The topological polar surface area (TPSA) is 36.1 Å². The fourth-order valence-corrected chi connectivity index (χ4v) is 1.19. The van der Waals surface area contributed by atoms with E-state index < -0.39 is 0 Å². The Balaban J connectivity index is 2.76. The number of hydrogen-bond acceptors (Lipinski definition) is 2. The lowest BCUT2D eigenvalue weighted by Gasteiger charge is -2.10. The molecule has 1 aromatic heterocycles. The van der Waals surface area contributed by atoms with Gasteiger partial charge in [-0.1, -0.05) is 6.07 Å². The van der Waals surface area contributed by atoms with Crippen molar-refractivity contribution < 1.29 is 0 Å². The molecule has 0 spiro atoms. The third-order valence-electron chi connectivity index (χ3n) is 2.04. The minimum absolute atomic E-state index is 0.0145. The summed E-state index contributed by atoms with van der Waals surface area (Å²) >= 11 is 0. The monoisotopic (exact) mass is 180 g/mol. The van der Waals surface area contributed by atoms with Gasteiger partial charge in [0.05, 0.1) is 0 Å². The van der Waals surface area contributed by atoms with Gasteiger partial charge in [0, 0.05) is 24.7 Å². The van der Waals surface area contributed by atoms with Crippen LogP contribution in [0.25, 0.3) is 0 Å². The molecule has 0 aromatic carbocycles. The summed E-state index contributed by atoms with van der Waals surface area (Å²) in [7, 11) is 4.05. The third kappa shape index (κ3) is 3.03. The smallest absolute Gasteiger partial charge is 0.248 e. The molecule has 0 radical (unpaired) electrons. The van der Waals surface area contributed by atoms with Gasteiger partial charge in [-0.3, -0.25) is 4.79 Å². The van der Waals surface area contributed by atoms with E-state index in [1.165, 1.54) is 0 Å². The predicted octanol–water partition coefficient (Wildman–Crippen LogP) is 0.787. The summed E-state index contributed by atoms with van der Waals surface area (Å²) in [5.41, 5.74) is 2.18. The highest BCUT2D eigenvalue weighted by molar-refractivity contribution is 5.17. The summed E-state index contributed by atoms with van der Waals surface area (Å²) in [6.45, 7) is 2.97. The van der Waals surface area contributed by atoms with Crippen molar-refractivity contribution in [2.24, 2.45) is 0 Å². The van der Waals surface area contributed by atoms with Gasteiger partial charge in [-0.05, 0) is 26.6 Å². The van der Waals surface area contributed by atoms with Crippen LogP contribution in [0.3, 0.4) is 0 Å². The largest absolute Gasteiger partial charge is 0.326 e. The second-order valence-corrected chi connectivity index (χ2v) is 3.54. The number of pyridine rings is 1. The summed E-state index contributed by atoms with van der Waals surface area (Å²) in [5.74, 6) is 0. The number of nitrogens with one attached hydrogen (secondary N) is 1. The van der Waals surface area contributed by atoms with Gasteiger partial charge in [-0.25, -0.2) is 0 Å². The number of hydrogen-bond donors (Lipinski definition) is 1. The maximum absolute atomic E-state index is 11.0. The molecule has 0 saturated heterocycles. The number of H-pyrrole nitrogens is 1. The number of aromatic nitrogens is 1. The Morgan fingerprint density at radius 1 is 1.38 bits per heavy atom. The molecule has 1 N–H and O–H groups in total. The minimum Gasteiger partial charge on any atom is -0.326 e. The molecule has 3 heteroatoms. The molecule has 3 nitrogen and oxygen atoms in total. The van der Waals surface area contributed by atoms with Crippen molar-refractivity contribution in [3.63, 3.8) is 0 Å². The molecule has 0 aliphatic heterocycles. The standard InChI is InChI=1S/C10H16N2O/c1-8-4-5-10(13)11-9(8)6-7-12(2)3/h4-5H,6-7H2,1-3H3,(H,11,13). The van der Waals surface area contributed by atoms with Crippen molar-refractivity contribution in [2.45, 2.75) is 13.3 Å². The van der Waals surface area contributed by atoms with E-state index >= 15 is 0 Å². The highest BCUT2D eigenvalue weighted by Crippen LogP contribution is 2.01. The van der Waals surface area contributed by atoms with E-state index in [0.717, 1.165) is 24.2 Å². The van der Waals surface area contributed by atoms with Crippen LogP contribution in [-0.4, -0.2) is 30.5 Å². The number of nitrogens with zero attached hydrogens (tertiary/aromatic N) is 1. The molecule has 0 aliphatic carbocycles. The second-order valence-electron chi connectivity index (χ2n) is 3.54. The molecule has 0 bridgehead atoms. The lowest BCUT2D eigenvalue weighted by molar-refractivity contribution is 0.411. The fourth-order valence-electron chi connectivity index (χ4n) is 1.19. The Morgan fingerprint density at radius 2 is 2.08 bits per heavy atom. The molecule has 0 unspecified atom stereocenters. The summed E-state index contributed by atoms with van der Waals surface area (Å²) in [5, 5.41) is 0. The fraction of sp³-hybridized carbons (Fsp3) is 0.500. The van der Waals surface area contributed by atoms with Crippen LogP contribution >= 0.6 is 0 Å². The number of rotatable bonds is 3. The van der Waals surface area contributed by atoms with Crippen LogP contribution in [0.4, 0.5) is 0 Å². The number of aromatic amines is 1. The van der Waals surface area contributed by atoms with Gasteiger partial charge in [0.15, 0.2) is 0 Å². The second kappa shape index (κ2) is 4.23. The molecular formula is C10H16N2O. The number of likely N-dealkylation sites (N-methyl/N-ethyl adjacent to an activating group) is 1. The van der Waals surface area contributed by atoms with Crippen molar-refractivity contribution in [2.75, 3.05) is 20.6 Å². The molecule has 1 heterocycles. The Hall–Kier alpha value is -1.09. The normalized spacial score (nSPS) is 10.8. The first kappa shape index (κ1) is 9.99. The zero-order chi connectivity index (χ0) is 9.84. The molecule has 72 valence electrons. The molecule has 0 atom stereocenters. The average molecular weight is 180 g/mol. The summed E-state index contributed by atoms with van der Waals surface area (Å²) in [6.07, 6.45) is 0.898. The van der Waals surface area contributed by atoms with Gasteiger partial charge >= 0.3 is 0 Å². The lowest BCUT2D eigenvalue weighted by atomic mass is 10.1. The van der Waals surface area contributed by atoms with E-state index in [1.807, 2.05) is 27.1 Å². The van der Waals surface area contributed by atoms with Crippen molar-refractivity contribution in [3.05, 3.63) is 33.7 Å². The molecule has 0 saturated carbocycles. The zero-order valence-corrected chi connectivity index (χ0v) is 8.42. The Kier molecular flexibility index (Phi) is 3.25. The summed E-state index contributed by atoms with van der Waals surface area (Å²) < 4.78 is 0. The molecule has 0 fully saturated rings. The first-order valence-corrected chi connectivity index (χ1v) is 4.43. The molecule has 0 amide bonds. The highest BCUT2D eigenvalue weighted by atomic mass is 16.1. The van der Waals surface area contributed by atoms with Gasteiger partial charge in [-0.15, -0.1) is 0 Å². The van der Waals surface area contributed by atoms with Gasteiger partial charge < -0.3 is 9.88 Å². The quantitative estimate of drug-likeness (QED) is 0.746. The van der Waals surface area contributed by atoms with Crippen LogP contribution < -0.4 is 5.56 Å². The maximum Gasteiger partial charge on any atom is 0.248 e. The SMILES string of the molecule is Cc1ccc(=O)[nH]c1CCN(C)C. The van der Waals surface area contributed by atoms with Crippen molar-refractivity contribution in [1.29, 1.82) is 0 Å². The Labute approximate surface area is 78.4 Å². The van der Waals surface area contributed by atoms with Crippen molar-refractivity contribution in [3.8, 4) is 0 Å². The van der Waals surface area contributed by atoms with E-state index in [0.29, 0.717) is 0 Å². The van der Waals surface area contributed by atoms with Crippen LogP contribution in [-0.2, 0) is 6.42 Å². The van der Waals surface area contributed by atoms with Crippen molar-refractivity contribution in [1.82, 2.24) is 9.88 Å². The van der Waals surface area contributed by atoms with Crippen LogP contribution in [0.2, 0.25) is 0 Å². The molecule has 1 rings (SSSR count). The lowest BCUT2D eigenvalue weighted by Crippen LogP contribution is -2.18. The van der Waals surface area contributed by atoms with Gasteiger partial charge in [0.25, 0.3) is 0 Å². The zero-order valence-electron chi connectivity index (χ0n) is 8.42.